The molecule has 2 rings (SSSR count). The number of nitrogens with one attached hydrogen (secondary N) is 2. The summed E-state index contributed by atoms with van der Waals surface area (Å²) in [6.07, 6.45) is 0. The van der Waals surface area contributed by atoms with E-state index in [0.717, 1.165) is 16.9 Å². The van der Waals surface area contributed by atoms with E-state index in [2.05, 4.69) is 10.6 Å². The van der Waals surface area contributed by atoms with Gasteiger partial charge in [-0.1, -0.05) is 0 Å². The van der Waals surface area contributed by atoms with Crippen LogP contribution < -0.4 is 10.6 Å². The van der Waals surface area contributed by atoms with Crippen molar-refractivity contribution in [2.75, 3.05) is 10.6 Å². The van der Waals surface area contributed by atoms with Crippen LogP contribution in [0, 0.1) is 6.92 Å². The minimum Gasteiger partial charge on any atom is -0.508 e. The van der Waals surface area contributed by atoms with E-state index < -0.39 is 0 Å². The number of anilines is 3. The van der Waals surface area contributed by atoms with Crippen LogP contribution in [-0.2, 0) is 4.79 Å². The first-order valence-corrected chi connectivity index (χ1v) is 6.12. The molecule has 20 heavy (non-hydrogen) atoms. The third kappa shape index (κ3) is 3.41. The molecule has 0 spiro atoms. The van der Waals surface area contributed by atoms with Crippen LogP contribution in [-0.4, -0.2) is 16.1 Å². The number of benzene rings is 2. The highest BCUT2D eigenvalue weighted by Crippen LogP contribution is 2.28. The first-order valence-electron chi connectivity index (χ1n) is 6.12. The normalized spacial score (nSPS) is 10.1. The van der Waals surface area contributed by atoms with Gasteiger partial charge in [-0.05, 0) is 30.7 Å². The minimum absolute atomic E-state index is 0.0139. The van der Waals surface area contributed by atoms with Crippen molar-refractivity contribution in [2.24, 2.45) is 0 Å². The number of amides is 1. The Kier molecular flexibility index (Phi) is 3.79. The van der Waals surface area contributed by atoms with Gasteiger partial charge in [-0.15, -0.1) is 0 Å². The third-order valence-electron chi connectivity index (χ3n) is 2.73. The van der Waals surface area contributed by atoms with Crippen molar-refractivity contribution in [3.63, 3.8) is 0 Å². The molecule has 0 unspecified atom stereocenters. The molecule has 0 heterocycles. The summed E-state index contributed by atoms with van der Waals surface area (Å²) in [6.45, 7) is 3.35. The van der Waals surface area contributed by atoms with Gasteiger partial charge in [0.25, 0.3) is 0 Å². The molecule has 0 aliphatic rings. The monoisotopic (exact) mass is 272 g/mol. The fourth-order valence-electron chi connectivity index (χ4n) is 1.91. The van der Waals surface area contributed by atoms with Crippen molar-refractivity contribution in [1.29, 1.82) is 0 Å². The predicted octanol–water partition coefficient (Wildman–Crippen LogP) is 3.11. The van der Waals surface area contributed by atoms with E-state index >= 15 is 0 Å². The van der Waals surface area contributed by atoms with E-state index in [0.29, 0.717) is 5.69 Å². The lowest BCUT2D eigenvalue weighted by Gasteiger charge is -2.12. The summed E-state index contributed by atoms with van der Waals surface area (Å²) in [6, 6.07) is 9.73. The van der Waals surface area contributed by atoms with Gasteiger partial charge < -0.3 is 20.8 Å². The van der Waals surface area contributed by atoms with Crippen LogP contribution >= 0.6 is 0 Å². The average molecular weight is 272 g/mol. The van der Waals surface area contributed by atoms with Crippen molar-refractivity contribution in [3.8, 4) is 11.5 Å². The highest BCUT2D eigenvalue weighted by molar-refractivity contribution is 5.89. The second-order valence-electron chi connectivity index (χ2n) is 4.57. The molecule has 0 saturated heterocycles. The van der Waals surface area contributed by atoms with Gasteiger partial charge in [-0.3, -0.25) is 4.79 Å². The summed E-state index contributed by atoms with van der Waals surface area (Å²) in [5.74, 6) is -0.150. The summed E-state index contributed by atoms with van der Waals surface area (Å²) in [4.78, 5) is 11.0. The zero-order chi connectivity index (χ0) is 14.7. The maximum Gasteiger partial charge on any atom is 0.221 e. The topological polar surface area (TPSA) is 81.6 Å². The number of phenols is 2. The largest absolute Gasteiger partial charge is 0.508 e. The van der Waals surface area contributed by atoms with Crippen LogP contribution in [0.15, 0.2) is 36.4 Å². The molecule has 4 N–H and O–H groups in total. The highest BCUT2D eigenvalue weighted by atomic mass is 16.3. The van der Waals surface area contributed by atoms with Crippen LogP contribution in [0.3, 0.4) is 0 Å². The highest BCUT2D eigenvalue weighted by Gasteiger charge is 2.04. The molecule has 0 fully saturated rings. The summed E-state index contributed by atoms with van der Waals surface area (Å²) >= 11 is 0. The first kappa shape index (κ1) is 13.7. The van der Waals surface area contributed by atoms with Crippen molar-refractivity contribution >= 4 is 23.0 Å². The van der Waals surface area contributed by atoms with Crippen LogP contribution in [0.2, 0.25) is 0 Å². The molecule has 0 saturated carbocycles. The van der Waals surface area contributed by atoms with Gasteiger partial charge in [0.05, 0.1) is 0 Å². The van der Waals surface area contributed by atoms with E-state index in [1.54, 1.807) is 6.07 Å². The first-order chi connectivity index (χ1) is 9.44. The van der Waals surface area contributed by atoms with Crippen molar-refractivity contribution < 1.29 is 15.0 Å². The van der Waals surface area contributed by atoms with Crippen LogP contribution in [0.5, 0.6) is 11.5 Å². The predicted molar refractivity (Wildman–Crippen MR) is 78.5 cm³/mol. The van der Waals surface area contributed by atoms with Gasteiger partial charge in [0.15, 0.2) is 0 Å². The standard InChI is InChI=1S/C15H16N2O3/c1-9-5-11(16-10(2)18)3-4-15(9)17-12-6-13(19)8-14(20)7-12/h3-8,17,19-20H,1-2H3,(H,16,18). The van der Waals surface area contributed by atoms with Gasteiger partial charge in [0, 0.05) is 42.2 Å². The quantitative estimate of drug-likeness (QED) is 0.692. The Morgan fingerprint density at radius 3 is 2.20 bits per heavy atom. The van der Waals surface area contributed by atoms with Gasteiger partial charge in [-0.25, -0.2) is 0 Å². The van der Waals surface area contributed by atoms with Gasteiger partial charge in [0.1, 0.15) is 11.5 Å². The van der Waals surface area contributed by atoms with Gasteiger partial charge >= 0.3 is 0 Å². The molecule has 2 aromatic rings. The number of rotatable bonds is 3. The third-order valence-corrected chi connectivity index (χ3v) is 2.73. The number of hydrogen-bond donors (Lipinski definition) is 4. The Balaban J connectivity index is 2.23. The van der Waals surface area contributed by atoms with Crippen LogP contribution in [0.25, 0.3) is 0 Å². The Morgan fingerprint density at radius 2 is 1.65 bits per heavy atom. The maximum absolute atomic E-state index is 11.0. The lowest BCUT2D eigenvalue weighted by atomic mass is 10.1. The molecule has 0 aromatic heterocycles. The Bertz CT molecular complexity index is 633. The van der Waals surface area contributed by atoms with Crippen molar-refractivity contribution in [1.82, 2.24) is 0 Å². The van der Waals surface area contributed by atoms with Gasteiger partial charge in [0.2, 0.25) is 5.91 Å². The minimum atomic E-state index is -0.122. The average Bonchev–Trinajstić information content (AvgIpc) is 2.30. The molecule has 1 amide bonds. The van der Waals surface area contributed by atoms with E-state index in [9.17, 15) is 15.0 Å². The summed E-state index contributed by atoms with van der Waals surface area (Å²) < 4.78 is 0. The van der Waals surface area contributed by atoms with E-state index in [-0.39, 0.29) is 17.4 Å². The van der Waals surface area contributed by atoms with Crippen LogP contribution in [0.1, 0.15) is 12.5 Å². The number of phenolic OH excluding ortho intramolecular Hbond substituents is 2. The van der Waals surface area contributed by atoms with Crippen molar-refractivity contribution in [2.45, 2.75) is 13.8 Å². The summed E-state index contributed by atoms with van der Waals surface area (Å²) in [7, 11) is 0. The number of aryl methyl sites for hydroxylation is 1. The number of aromatic hydroxyl groups is 2. The second-order valence-corrected chi connectivity index (χ2v) is 4.57. The molecule has 104 valence electrons. The Morgan fingerprint density at radius 1 is 1.00 bits per heavy atom. The molecule has 0 aliphatic carbocycles. The molecular weight excluding hydrogens is 256 g/mol. The molecular formula is C15H16N2O3. The van der Waals surface area contributed by atoms with E-state index in [1.165, 1.54) is 25.1 Å². The van der Waals surface area contributed by atoms with E-state index in [4.69, 9.17) is 0 Å². The number of hydrogen-bond acceptors (Lipinski definition) is 4. The molecule has 0 aliphatic heterocycles. The SMILES string of the molecule is CC(=O)Nc1ccc(Nc2cc(O)cc(O)c2)c(C)c1. The zero-order valence-electron chi connectivity index (χ0n) is 11.3. The number of carbonyl (C=O) groups is 1. The Hall–Kier alpha value is -2.69. The lowest BCUT2D eigenvalue weighted by Crippen LogP contribution is -2.06. The summed E-state index contributed by atoms with van der Waals surface area (Å²) in [5, 5.41) is 24.7. The fourth-order valence-corrected chi connectivity index (χ4v) is 1.91. The molecule has 2 aromatic carbocycles. The van der Waals surface area contributed by atoms with Gasteiger partial charge in [-0.2, -0.15) is 0 Å². The molecule has 0 atom stereocenters. The maximum atomic E-state index is 11.0. The molecule has 0 bridgehead atoms. The smallest absolute Gasteiger partial charge is 0.221 e. The van der Waals surface area contributed by atoms with Crippen LogP contribution in [0.4, 0.5) is 17.1 Å². The Labute approximate surface area is 116 Å². The summed E-state index contributed by atoms with van der Waals surface area (Å²) in [5.41, 5.74) is 3.06. The fraction of sp³-hybridized carbons (Fsp3) is 0.133. The molecule has 0 radical (unpaired) electrons. The zero-order valence-corrected chi connectivity index (χ0v) is 11.3. The molecule has 5 heteroatoms. The number of carbonyl (C=O) groups excluding carboxylic acids is 1. The van der Waals surface area contributed by atoms with Crippen molar-refractivity contribution in [3.05, 3.63) is 42.0 Å². The lowest BCUT2D eigenvalue weighted by molar-refractivity contribution is -0.114. The van der Waals surface area contributed by atoms with E-state index in [1.807, 2.05) is 19.1 Å². The second kappa shape index (κ2) is 5.52. The molecule has 5 nitrogen and oxygen atoms in total.